The predicted octanol–water partition coefficient (Wildman–Crippen LogP) is 3.07. The molecule has 0 radical (unpaired) electrons. The molecule has 1 N–H and O–H groups in total. The summed E-state index contributed by atoms with van der Waals surface area (Å²) in [6.45, 7) is 0. The molecule has 0 atom stereocenters. The molecule has 112 valence electrons. The van der Waals surface area contributed by atoms with Crippen LogP contribution in [0.4, 0.5) is 0 Å². The summed E-state index contributed by atoms with van der Waals surface area (Å²) in [6.07, 6.45) is 0. The lowest BCUT2D eigenvalue weighted by molar-refractivity contribution is 0.483. The highest BCUT2D eigenvalue weighted by Crippen LogP contribution is 2.28. The van der Waals surface area contributed by atoms with E-state index in [1.807, 2.05) is 0 Å². The molecule has 0 unspecified atom stereocenters. The normalized spacial score (nSPS) is 12.3. The highest BCUT2D eigenvalue weighted by atomic mass is 35.5. The minimum Gasteiger partial charge on any atom is -0.282 e. The second-order valence-corrected chi connectivity index (χ2v) is 8.21. The maximum absolute atomic E-state index is 12.4. The van der Waals surface area contributed by atoms with Crippen molar-refractivity contribution >= 4 is 43.2 Å². The number of hydrogen-bond donors (Lipinski definition) is 1. The third-order valence-corrected chi connectivity index (χ3v) is 5.97. The summed E-state index contributed by atoms with van der Waals surface area (Å²) in [4.78, 5) is -1.03. The molecule has 2 aromatic rings. The van der Waals surface area contributed by atoms with Crippen LogP contribution in [0.2, 0.25) is 10.0 Å². The van der Waals surface area contributed by atoms with Crippen molar-refractivity contribution in [3.05, 3.63) is 52.5 Å². The third-order valence-electron chi connectivity index (χ3n) is 2.61. The Labute approximate surface area is 131 Å². The minimum absolute atomic E-state index is 0.0597. The van der Waals surface area contributed by atoms with Gasteiger partial charge in [-0.2, -0.15) is 8.42 Å². The van der Waals surface area contributed by atoms with Crippen LogP contribution in [0.3, 0.4) is 0 Å². The van der Waals surface area contributed by atoms with E-state index in [-0.39, 0.29) is 14.8 Å². The van der Waals surface area contributed by atoms with E-state index >= 15 is 0 Å². The Morgan fingerprint density at radius 1 is 0.810 bits per heavy atom. The monoisotopic (exact) mass is 366 g/mol. The van der Waals surface area contributed by atoms with Crippen molar-refractivity contribution in [2.75, 3.05) is 0 Å². The molecule has 21 heavy (non-hydrogen) atoms. The summed E-state index contributed by atoms with van der Waals surface area (Å²) >= 11 is 11.3. The smallest absolute Gasteiger partial charge is 0.282 e. The highest BCUT2D eigenvalue weighted by Gasteiger charge is 2.22. The minimum atomic E-state index is -4.62. The molecule has 2 aromatic carbocycles. The van der Waals surface area contributed by atoms with E-state index in [0.29, 0.717) is 5.02 Å². The van der Waals surface area contributed by atoms with Crippen molar-refractivity contribution in [3.8, 4) is 0 Å². The summed E-state index contributed by atoms with van der Waals surface area (Å²) in [5, 5.41) is 0.0937. The van der Waals surface area contributed by atoms with Crippen LogP contribution in [0.15, 0.2) is 57.2 Å². The highest BCUT2D eigenvalue weighted by molar-refractivity contribution is 7.91. The fourth-order valence-corrected chi connectivity index (χ4v) is 4.09. The Morgan fingerprint density at radius 2 is 1.33 bits per heavy atom. The second kappa shape index (κ2) is 5.58. The summed E-state index contributed by atoms with van der Waals surface area (Å²) in [6, 6.07) is 8.43. The summed E-state index contributed by atoms with van der Waals surface area (Å²) < 4.78 is 56.1. The summed E-state index contributed by atoms with van der Waals surface area (Å²) in [5.41, 5.74) is 0. The number of benzene rings is 2. The van der Waals surface area contributed by atoms with E-state index in [1.165, 1.54) is 24.3 Å². The number of sulfone groups is 1. The van der Waals surface area contributed by atoms with Gasteiger partial charge in [-0.25, -0.2) is 8.42 Å². The first-order valence-corrected chi connectivity index (χ1v) is 9.08. The average molecular weight is 367 g/mol. The van der Waals surface area contributed by atoms with Gasteiger partial charge in [0.05, 0.1) is 14.8 Å². The Kier molecular flexibility index (Phi) is 4.32. The lowest BCUT2D eigenvalue weighted by atomic mass is 10.4. The predicted molar refractivity (Wildman–Crippen MR) is 78.2 cm³/mol. The molecular formula is C12H8Cl2O5S2. The van der Waals surface area contributed by atoms with Crippen LogP contribution in [0.1, 0.15) is 0 Å². The molecule has 2 rings (SSSR count). The lowest BCUT2D eigenvalue weighted by Crippen LogP contribution is -2.05. The maximum atomic E-state index is 12.4. The topological polar surface area (TPSA) is 88.5 Å². The van der Waals surface area contributed by atoms with Crippen LogP contribution in [0, 0.1) is 0 Å². The molecule has 0 fully saturated rings. The van der Waals surface area contributed by atoms with Crippen molar-refractivity contribution in [3.63, 3.8) is 0 Å². The molecule has 0 bridgehead atoms. The first-order valence-electron chi connectivity index (χ1n) is 5.40. The average Bonchev–Trinajstić information content (AvgIpc) is 2.38. The fourth-order valence-electron chi connectivity index (χ4n) is 1.60. The molecule has 0 saturated carbocycles. The SMILES string of the molecule is O=S(=O)(O)c1cc(S(=O)(=O)c2ccc(Cl)cc2)ccc1Cl. The molecule has 0 aliphatic heterocycles. The molecule has 0 saturated heterocycles. The van der Waals surface area contributed by atoms with E-state index in [2.05, 4.69) is 0 Å². The van der Waals surface area contributed by atoms with Gasteiger partial charge in [0.1, 0.15) is 4.90 Å². The van der Waals surface area contributed by atoms with Gasteiger partial charge in [0.15, 0.2) is 0 Å². The van der Waals surface area contributed by atoms with Gasteiger partial charge < -0.3 is 0 Å². The first-order chi connectivity index (χ1) is 9.62. The van der Waals surface area contributed by atoms with E-state index < -0.39 is 24.9 Å². The van der Waals surface area contributed by atoms with Crippen LogP contribution >= 0.6 is 23.2 Å². The van der Waals surface area contributed by atoms with Crippen LogP contribution < -0.4 is 0 Å². The quantitative estimate of drug-likeness (QED) is 0.843. The van der Waals surface area contributed by atoms with Gasteiger partial charge in [0, 0.05) is 5.02 Å². The van der Waals surface area contributed by atoms with Crippen LogP contribution in [-0.2, 0) is 20.0 Å². The number of rotatable bonds is 3. The van der Waals surface area contributed by atoms with Crippen molar-refractivity contribution in [2.45, 2.75) is 14.7 Å². The van der Waals surface area contributed by atoms with Crippen LogP contribution in [0.25, 0.3) is 0 Å². The van der Waals surface area contributed by atoms with Crippen LogP contribution in [-0.4, -0.2) is 21.4 Å². The van der Waals surface area contributed by atoms with E-state index in [4.69, 9.17) is 27.8 Å². The Morgan fingerprint density at radius 3 is 1.86 bits per heavy atom. The lowest BCUT2D eigenvalue weighted by Gasteiger charge is -2.07. The summed E-state index contributed by atoms with van der Waals surface area (Å²) in [7, 11) is -8.57. The van der Waals surface area contributed by atoms with Gasteiger partial charge in [-0.15, -0.1) is 0 Å². The molecule has 0 aromatic heterocycles. The molecule has 0 aliphatic rings. The van der Waals surface area contributed by atoms with E-state index in [9.17, 15) is 16.8 Å². The Hall–Kier alpha value is -1.12. The maximum Gasteiger partial charge on any atom is 0.296 e. The van der Waals surface area contributed by atoms with Gasteiger partial charge in [-0.1, -0.05) is 23.2 Å². The fraction of sp³-hybridized carbons (Fsp3) is 0. The molecule has 0 amide bonds. The summed E-state index contributed by atoms with van der Waals surface area (Å²) in [5.74, 6) is 0. The third kappa shape index (κ3) is 3.38. The zero-order valence-electron chi connectivity index (χ0n) is 10.2. The molecule has 0 aliphatic carbocycles. The Bertz CT molecular complexity index is 888. The van der Waals surface area contributed by atoms with Crippen molar-refractivity contribution in [2.24, 2.45) is 0 Å². The molecule has 5 nitrogen and oxygen atoms in total. The zero-order valence-corrected chi connectivity index (χ0v) is 13.3. The van der Waals surface area contributed by atoms with Gasteiger partial charge in [-0.3, -0.25) is 4.55 Å². The largest absolute Gasteiger partial charge is 0.296 e. The van der Waals surface area contributed by atoms with Gasteiger partial charge in [0.25, 0.3) is 10.1 Å². The van der Waals surface area contributed by atoms with Crippen LogP contribution in [0.5, 0.6) is 0 Å². The van der Waals surface area contributed by atoms with Crippen molar-refractivity contribution in [1.29, 1.82) is 0 Å². The molecule has 0 spiro atoms. The van der Waals surface area contributed by atoms with Gasteiger partial charge in [-0.05, 0) is 42.5 Å². The zero-order chi connectivity index (χ0) is 15.8. The van der Waals surface area contributed by atoms with E-state index in [0.717, 1.165) is 18.2 Å². The van der Waals surface area contributed by atoms with E-state index in [1.54, 1.807) is 0 Å². The van der Waals surface area contributed by atoms with Crippen molar-refractivity contribution < 1.29 is 21.4 Å². The standard InChI is InChI=1S/C12H8Cl2O5S2/c13-8-1-3-9(4-2-8)20(15,16)10-5-6-11(14)12(7-10)21(17,18)19/h1-7H,(H,17,18,19). The Balaban J connectivity index is 2.64. The second-order valence-electron chi connectivity index (χ2n) is 4.02. The number of hydrogen-bond acceptors (Lipinski definition) is 4. The van der Waals surface area contributed by atoms with Crippen molar-refractivity contribution in [1.82, 2.24) is 0 Å². The number of halogens is 2. The van der Waals surface area contributed by atoms with Gasteiger partial charge in [0.2, 0.25) is 9.84 Å². The van der Waals surface area contributed by atoms with Gasteiger partial charge >= 0.3 is 0 Å². The first kappa shape index (κ1) is 16.3. The molecule has 9 heteroatoms. The molecular weight excluding hydrogens is 359 g/mol. The molecule has 0 heterocycles.